The van der Waals surface area contributed by atoms with Gasteiger partial charge in [-0.05, 0) is 42.7 Å². The van der Waals surface area contributed by atoms with Crippen LogP contribution in [0.1, 0.15) is 37.7 Å². The Morgan fingerprint density at radius 1 is 1.03 bits per heavy atom. The molecule has 2 N–H and O–H groups in total. The zero-order valence-corrected chi connectivity index (χ0v) is 20.0. The summed E-state index contributed by atoms with van der Waals surface area (Å²) < 4.78 is 32.9. The van der Waals surface area contributed by atoms with Gasteiger partial charge in [-0.25, -0.2) is 8.78 Å². The summed E-state index contributed by atoms with van der Waals surface area (Å²) in [5, 5.41) is 12.3. The number of carbonyl (C=O) groups is 2. The molecular formula is C24H26Cl2F2N2O4. The lowest BCUT2D eigenvalue weighted by atomic mass is 9.80. The zero-order chi connectivity index (χ0) is 24.7. The standard InChI is InChI=1S/C24H26Cl2F2N2O4/c25-18-6-4-16(12-20(18)27)14-30(10-11-31)23(33)24(8-2-1-3-9-24)29-22(32)15-34-17-5-7-19(26)21(28)13-17/h4-7,12-13,31H,1-3,8-11,14-15H2,(H,29,32). The van der Waals surface area contributed by atoms with Crippen LogP contribution in [0.5, 0.6) is 5.75 Å². The molecule has 2 amide bonds. The molecule has 1 saturated carbocycles. The number of halogens is 4. The van der Waals surface area contributed by atoms with Crippen molar-refractivity contribution in [1.82, 2.24) is 10.2 Å². The van der Waals surface area contributed by atoms with Gasteiger partial charge in [0.1, 0.15) is 22.9 Å². The van der Waals surface area contributed by atoms with Crippen molar-refractivity contribution in [2.24, 2.45) is 0 Å². The van der Waals surface area contributed by atoms with E-state index in [9.17, 15) is 23.5 Å². The monoisotopic (exact) mass is 514 g/mol. The minimum absolute atomic E-state index is 0.0151. The van der Waals surface area contributed by atoms with E-state index < -0.39 is 29.7 Å². The first kappa shape index (κ1) is 26.2. The van der Waals surface area contributed by atoms with Crippen LogP contribution in [0.25, 0.3) is 0 Å². The van der Waals surface area contributed by atoms with Crippen LogP contribution in [-0.4, -0.2) is 47.1 Å². The average Bonchev–Trinajstić information content (AvgIpc) is 2.82. The first-order valence-corrected chi connectivity index (χ1v) is 11.7. The van der Waals surface area contributed by atoms with Gasteiger partial charge in [0, 0.05) is 19.2 Å². The van der Waals surface area contributed by atoms with Crippen molar-refractivity contribution in [3.8, 4) is 5.75 Å². The fourth-order valence-corrected chi connectivity index (χ4v) is 4.34. The smallest absolute Gasteiger partial charge is 0.258 e. The summed E-state index contributed by atoms with van der Waals surface area (Å²) in [6, 6.07) is 8.09. The van der Waals surface area contributed by atoms with E-state index in [1.807, 2.05) is 0 Å². The molecule has 10 heteroatoms. The van der Waals surface area contributed by atoms with Crippen LogP contribution in [0.15, 0.2) is 36.4 Å². The van der Waals surface area contributed by atoms with E-state index >= 15 is 0 Å². The molecule has 1 aliphatic carbocycles. The number of carbonyl (C=O) groups excluding carboxylic acids is 2. The number of aliphatic hydroxyl groups excluding tert-OH is 1. The number of nitrogens with zero attached hydrogens (tertiary/aromatic N) is 1. The van der Waals surface area contributed by atoms with E-state index in [1.54, 1.807) is 6.07 Å². The van der Waals surface area contributed by atoms with Crippen LogP contribution in [-0.2, 0) is 16.1 Å². The first-order chi connectivity index (χ1) is 16.2. The molecule has 3 rings (SSSR count). The second kappa shape index (κ2) is 11.8. The van der Waals surface area contributed by atoms with Crippen LogP contribution < -0.4 is 10.1 Å². The highest BCUT2D eigenvalue weighted by atomic mass is 35.5. The second-order valence-corrected chi connectivity index (χ2v) is 9.07. The van der Waals surface area contributed by atoms with E-state index in [1.165, 1.54) is 29.2 Å². The van der Waals surface area contributed by atoms with E-state index in [0.717, 1.165) is 25.3 Å². The van der Waals surface area contributed by atoms with Gasteiger partial charge in [0.05, 0.1) is 16.7 Å². The molecule has 2 aromatic rings. The van der Waals surface area contributed by atoms with Crippen LogP contribution in [0.3, 0.4) is 0 Å². The number of amides is 2. The maximum Gasteiger partial charge on any atom is 0.258 e. The van der Waals surface area contributed by atoms with Crippen molar-refractivity contribution in [1.29, 1.82) is 0 Å². The molecule has 0 heterocycles. The van der Waals surface area contributed by atoms with Gasteiger partial charge in [0.25, 0.3) is 5.91 Å². The molecule has 0 aromatic heterocycles. The molecule has 184 valence electrons. The van der Waals surface area contributed by atoms with Gasteiger partial charge < -0.3 is 20.1 Å². The Kier molecular flexibility index (Phi) is 9.10. The highest BCUT2D eigenvalue weighted by molar-refractivity contribution is 6.31. The van der Waals surface area contributed by atoms with Crippen molar-refractivity contribution < 1.29 is 28.2 Å². The third kappa shape index (κ3) is 6.58. The van der Waals surface area contributed by atoms with Crippen molar-refractivity contribution in [3.05, 3.63) is 63.6 Å². The van der Waals surface area contributed by atoms with Crippen molar-refractivity contribution >= 4 is 35.0 Å². The van der Waals surface area contributed by atoms with Crippen molar-refractivity contribution in [3.63, 3.8) is 0 Å². The quantitative estimate of drug-likeness (QED) is 0.516. The van der Waals surface area contributed by atoms with E-state index in [2.05, 4.69) is 5.32 Å². The van der Waals surface area contributed by atoms with Crippen LogP contribution >= 0.6 is 23.2 Å². The number of benzene rings is 2. The number of hydrogen-bond acceptors (Lipinski definition) is 4. The lowest BCUT2D eigenvalue weighted by molar-refractivity contribution is -0.145. The molecule has 0 spiro atoms. The van der Waals surface area contributed by atoms with Crippen LogP contribution in [0.2, 0.25) is 10.0 Å². The van der Waals surface area contributed by atoms with Gasteiger partial charge in [-0.2, -0.15) is 0 Å². The third-order valence-electron chi connectivity index (χ3n) is 5.77. The summed E-state index contributed by atoms with van der Waals surface area (Å²) in [7, 11) is 0. The molecule has 0 bridgehead atoms. The molecular weight excluding hydrogens is 489 g/mol. The van der Waals surface area contributed by atoms with E-state index in [-0.39, 0.29) is 41.4 Å². The Hall–Kier alpha value is -2.42. The average molecular weight is 515 g/mol. The Balaban J connectivity index is 1.74. The Bertz CT molecular complexity index is 1030. The summed E-state index contributed by atoms with van der Waals surface area (Å²) >= 11 is 11.4. The maximum atomic E-state index is 13.9. The molecule has 34 heavy (non-hydrogen) atoms. The topological polar surface area (TPSA) is 78.9 Å². The molecule has 1 fully saturated rings. The molecule has 0 radical (unpaired) electrons. The van der Waals surface area contributed by atoms with Gasteiger partial charge in [0.2, 0.25) is 5.91 Å². The predicted octanol–water partition coefficient (Wildman–Crippen LogP) is 4.49. The Morgan fingerprint density at radius 3 is 2.29 bits per heavy atom. The zero-order valence-electron chi connectivity index (χ0n) is 18.5. The van der Waals surface area contributed by atoms with Gasteiger partial charge in [0.15, 0.2) is 6.61 Å². The first-order valence-electron chi connectivity index (χ1n) is 11.0. The number of ether oxygens (including phenoxy) is 1. The van der Waals surface area contributed by atoms with Gasteiger partial charge in [-0.3, -0.25) is 9.59 Å². The fraction of sp³-hybridized carbons (Fsp3) is 0.417. The van der Waals surface area contributed by atoms with E-state index in [4.69, 9.17) is 27.9 Å². The van der Waals surface area contributed by atoms with Crippen molar-refractivity contribution in [2.75, 3.05) is 19.8 Å². The number of aliphatic hydroxyl groups is 1. The predicted molar refractivity (Wildman–Crippen MR) is 125 cm³/mol. The summed E-state index contributed by atoms with van der Waals surface area (Å²) in [6.07, 6.45) is 3.23. The lowest BCUT2D eigenvalue weighted by Crippen LogP contribution is -2.61. The van der Waals surface area contributed by atoms with Crippen LogP contribution in [0, 0.1) is 11.6 Å². The molecule has 0 unspecified atom stereocenters. The summed E-state index contributed by atoms with van der Waals surface area (Å²) in [5.41, 5.74) is -0.668. The number of hydrogen-bond donors (Lipinski definition) is 2. The van der Waals surface area contributed by atoms with Crippen LogP contribution in [0.4, 0.5) is 8.78 Å². The molecule has 0 atom stereocenters. The van der Waals surface area contributed by atoms with Gasteiger partial charge in [-0.15, -0.1) is 0 Å². The minimum Gasteiger partial charge on any atom is -0.484 e. The second-order valence-electron chi connectivity index (χ2n) is 8.25. The van der Waals surface area contributed by atoms with Crippen molar-refractivity contribution in [2.45, 2.75) is 44.2 Å². The lowest BCUT2D eigenvalue weighted by Gasteiger charge is -2.40. The molecule has 2 aromatic carbocycles. The van der Waals surface area contributed by atoms with Gasteiger partial charge >= 0.3 is 0 Å². The van der Waals surface area contributed by atoms with Gasteiger partial charge in [-0.1, -0.05) is 48.5 Å². The largest absolute Gasteiger partial charge is 0.484 e. The minimum atomic E-state index is -1.18. The molecule has 1 aliphatic rings. The SMILES string of the molecule is O=C(COc1ccc(Cl)c(F)c1)NC1(C(=O)N(CCO)Cc2ccc(Cl)c(F)c2)CCCCC1. The summed E-state index contributed by atoms with van der Waals surface area (Å²) in [5.74, 6) is -2.04. The highest BCUT2D eigenvalue weighted by Gasteiger charge is 2.43. The fourth-order valence-electron chi connectivity index (χ4n) is 4.10. The molecule has 0 saturated heterocycles. The number of rotatable bonds is 9. The molecule has 0 aliphatic heterocycles. The normalized spacial score (nSPS) is 15.0. The maximum absolute atomic E-state index is 13.9. The Labute approximate surface area is 206 Å². The highest BCUT2D eigenvalue weighted by Crippen LogP contribution is 2.31. The van der Waals surface area contributed by atoms with E-state index in [0.29, 0.717) is 18.4 Å². The summed E-state index contributed by atoms with van der Waals surface area (Å²) in [4.78, 5) is 27.8. The third-order valence-corrected chi connectivity index (χ3v) is 6.38. The molecule has 6 nitrogen and oxygen atoms in total. The summed E-state index contributed by atoms with van der Waals surface area (Å²) in [6.45, 7) is -0.650. The Morgan fingerprint density at radius 2 is 1.68 bits per heavy atom. The number of nitrogens with one attached hydrogen (secondary N) is 1.